The molecule has 0 spiro atoms. The van der Waals surface area contributed by atoms with Crippen LogP contribution in [0.5, 0.6) is 0 Å². The van der Waals surface area contributed by atoms with Crippen molar-refractivity contribution in [1.82, 2.24) is 20.2 Å². The number of piperazine rings is 1. The fraction of sp³-hybridized carbons (Fsp3) is 0.400. The predicted octanol–water partition coefficient (Wildman–Crippen LogP) is 1.69. The van der Waals surface area contributed by atoms with E-state index in [0.717, 1.165) is 11.4 Å². The Morgan fingerprint density at radius 1 is 1.04 bits per heavy atom. The summed E-state index contributed by atoms with van der Waals surface area (Å²) in [7, 11) is 0. The zero-order valence-electron chi connectivity index (χ0n) is 16.0. The van der Waals surface area contributed by atoms with E-state index in [1.54, 1.807) is 19.9 Å². The van der Waals surface area contributed by atoms with Crippen LogP contribution < -0.4 is 10.2 Å². The van der Waals surface area contributed by atoms with Crippen molar-refractivity contribution in [2.45, 2.75) is 27.3 Å². The first-order valence-corrected chi connectivity index (χ1v) is 9.12. The minimum absolute atomic E-state index is 0.0877. The van der Waals surface area contributed by atoms with Crippen molar-refractivity contribution in [1.29, 1.82) is 0 Å². The molecule has 1 aromatic carbocycles. The summed E-state index contributed by atoms with van der Waals surface area (Å²) in [6, 6.07) is 9.77. The highest BCUT2D eigenvalue weighted by Crippen LogP contribution is 2.16. The van der Waals surface area contributed by atoms with Crippen molar-refractivity contribution >= 4 is 17.6 Å². The Hall–Kier alpha value is -2.96. The Bertz CT molecular complexity index is 827. The van der Waals surface area contributed by atoms with E-state index in [1.165, 1.54) is 5.56 Å². The van der Waals surface area contributed by atoms with Crippen molar-refractivity contribution in [3.05, 3.63) is 53.0 Å². The number of rotatable bonds is 4. The van der Waals surface area contributed by atoms with Crippen LogP contribution in [-0.2, 0) is 11.3 Å². The van der Waals surface area contributed by atoms with Gasteiger partial charge in [0.25, 0.3) is 5.91 Å². The highest BCUT2D eigenvalue weighted by Gasteiger charge is 2.21. The molecule has 3 rings (SSSR count). The normalized spacial score (nSPS) is 14.2. The molecule has 2 aromatic rings. The van der Waals surface area contributed by atoms with Gasteiger partial charge in [0.05, 0.1) is 0 Å². The van der Waals surface area contributed by atoms with Crippen molar-refractivity contribution < 1.29 is 9.59 Å². The summed E-state index contributed by atoms with van der Waals surface area (Å²) in [6.07, 6.45) is 0. The van der Waals surface area contributed by atoms with Crippen molar-refractivity contribution in [3.8, 4) is 0 Å². The molecule has 2 heterocycles. The number of carbonyl (C=O) groups is 2. The standard InChI is InChI=1S/C20H25N5O2/c1-14-4-6-17(7-5-14)13-21-20(27)18-12-19(23-15(2)22-18)25-10-8-24(9-11-25)16(3)26/h4-7,12H,8-11,13H2,1-3H3,(H,21,27). The van der Waals surface area contributed by atoms with Gasteiger partial charge in [-0.15, -0.1) is 0 Å². The van der Waals surface area contributed by atoms with Gasteiger partial charge in [-0.1, -0.05) is 29.8 Å². The Morgan fingerprint density at radius 2 is 1.70 bits per heavy atom. The zero-order valence-corrected chi connectivity index (χ0v) is 16.0. The molecule has 0 unspecified atom stereocenters. The average molecular weight is 367 g/mol. The van der Waals surface area contributed by atoms with E-state index < -0.39 is 0 Å². The van der Waals surface area contributed by atoms with Crippen LogP contribution in [0.25, 0.3) is 0 Å². The zero-order chi connectivity index (χ0) is 19.4. The van der Waals surface area contributed by atoms with E-state index in [1.807, 2.05) is 36.1 Å². The van der Waals surface area contributed by atoms with Crippen molar-refractivity contribution in [3.63, 3.8) is 0 Å². The number of amides is 2. The third-order valence-corrected chi connectivity index (χ3v) is 4.68. The minimum atomic E-state index is -0.218. The van der Waals surface area contributed by atoms with E-state index in [0.29, 0.717) is 44.2 Å². The quantitative estimate of drug-likeness (QED) is 0.890. The lowest BCUT2D eigenvalue weighted by Gasteiger charge is -2.35. The van der Waals surface area contributed by atoms with E-state index in [9.17, 15) is 9.59 Å². The number of nitrogens with zero attached hydrogens (tertiary/aromatic N) is 4. The van der Waals surface area contributed by atoms with Crippen LogP contribution in [0.15, 0.2) is 30.3 Å². The molecule has 7 heteroatoms. The summed E-state index contributed by atoms with van der Waals surface area (Å²) in [5, 5.41) is 2.91. The highest BCUT2D eigenvalue weighted by molar-refractivity contribution is 5.92. The SMILES string of the molecule is CC(=O)N1CCN(c2cc(C(=O)NCc3ccc(C)cc3)nc(C)n2)CC1. The molecular weight excluding hydrogens is 342 g/mol. The van der Waals surface area contributed by atoms with Gasteiger partial charge in [0.1, 0.15) is 17.3 Å². The largest absolute Gasteiger partial charge is 0.353 e. The fourth-order valence-electron chi connectivity index (χ4n) is 3.06. The lowest BCUT2D eigenvalue weighted by molar-refractivity contribution is -0.129. The number of hydrogen-bond donors (Lipinski definition) is 1. The molecule has 27 heavy (non-hydrogen) atoms. The molecule has 0 bridgehead atoms. The van der Waals surface area contributed by atoms with Gasteiger partial charge in [-0.3, -0.25) is 9.59 Å². The van der Waals surface area contributed by atoms with Gasteiger partial charge in [0, 0.05) is 45.7 Å². The molecule has 7 nitrogen and oxygen atoms in total. The topological polar surface area (TPSA) is 78.4 Å². The highest BCUT2D eigenvalue weighted by atomic mass is 16.2. The molecule has 1 fully saturated rings. The van der Waals surface area contributed by atoms with Crippen LogP contribution >= 0.6 is 0 Å². The van der Waals surface area contributed by atoms with Gasteiger partial charge in [-0.2, -0.15) is 0 Å². The second-order valence-electron chi connectivity index (χ2n) is 6.82. The molecule has 0 radical (unpaired) electrons. The number of aryl methyl sites for hydroxylation is 2. The minimum Gasteiger partial charge on any atom is -0.353 e. The lowest BCUT2D eigenvalue weighted by Crippen LogP contribution is -2.48. The number of benzene rings is 1. The van der Waals surface area contributed by atoms with Gasteiger partial charge >= 0.3 is 0 Å². The number of aromatic nitrogens is 2. The van der Waals surface area contributed by atoms with Crippen LogP contribution in [-0.4, -0.2) is 52.9 Å². The average Bonchev–Trinajstić information content (AvgIpc) is 2.67. The first-order chi connectivity index (χ1) is 12.9. The Labute approximate surface area is 159 Å². The van der Waals surface area contributed by atoms with Gasteiger partial charge in [0.15, 0.2) is 0 Å². The fourth-order valence-corrected chi connectivity index (χ4v) is 3.06. The summed E-state index contributed by atoms with van der Waals surface area (Å²) in [5.41, 5.74) is 2.59. The van der Waals surface area contributed by atoms with Gasteiger partial charge in [-0.25, -0.2) is 9.97 Å². The molecule has 1 aliphatic rings. The molecule has 2 amide bonds. The van der Waals surface area contributed by atoms with Gasteiger partial charge in [0.2, 0.25) is 5.91 Å². The lowest BCUT2D eigenvalue weighted by atomic mass is 10.1. The molecule has 1 aliphatic heterocycles. The molecule has 0 atom stereocenters. The Kier molecular flexibility index (Phi) is 5.69. The van der Waals surface area contributed by atoms with Crippen LogP contribution in [0.4, 0.5) is 5.82 Å². The predicted molar refractivity (Wildman–Crippen MR) is 104 cm³/mol. The number of nitrogens with one attached hydrogen (secondary N) is 1. The summed E-state index contributed by atoms with van der Waals surface area (Å²) < 4.78 is 0. The number of anilines is 1. The molecule has 142 valence electrons. The second kappa shape index (κ2) is 8.16. The summed E-state index contributed by atoms with van der Waals surface area (Å²) in [4.78, 5) is 36.7. The van der Waals surface area contributed by atoms with E-state index >= 15 is 0 Å². The summed E-state index contributed by atoms with van der Waals surface area (Å²) >= 11 is 0. The molecular formula is C20H25N5O2. The monoisotopic (exact) mass is 367 g/mol. The summed E-state index contributed by atoms with van der Waals surface area (Å²) in [5.74, 6) is 1.16. The smallest absolute Gasteiger partial charge is 0.270 e. The number of hydrogen-bond acceptors (Lipinski definition) is 5. The van der Waals surface area contributed by atoms with E-state index in [4.69, 9.17) is 0 Å². The number of carbonyl (C=O) groups excluding carboxylic acids is 2. The van der Waals surface area contributed by atoms with Crippen LogP contribution in [0.1, 0.15) is 34.4 Å². The maximum atomic E-state index is 12.5. The first kappa shape index (κ1) is 18.8. The van der Waals surface area contributed by atoms with Crippen LogP contribution in [0, 0.1) is 13.8 Å². The maximum Gasteiger partial charge on any atom is 0.270 e. The van der Waals surface area contributed by atoms with Crippen molar-refractivity contribution in [2.75, 3.05) is 31.1 Å². The maximum absolute atomic E-state index is 12.5. The van der Waals surface area contributed by atoms with E-state index in [2.05, 4.69) is 20.2 Å². The van der Waals surface area contributed by atoms with Crippen LogP contribution in [0.2, 0.25) is 0 Å². The Morgan fingerprint density at radius 3 is 2.33 bits per heavy atom. The van der Waals surface area contributed by atoms with E-state index in [-0.39, 0.29) is 11.8 Å². The summed E-state index contributed by atoms with van der Waals surface area (Å²) in [6.45, 7) is 8.56. The molecule has 1 saturated heterocycles. The third-order valence-electron chi connectivity index (χ3n) is 4.68. The van der Waals surface area contributed by atoms with Gasteiger partial charge in [-0.05, 0) is 19.4 Å². The second-order valence-corrected chi connectivity index (χ2v) is 6.82. The van der Waals surface area contributed by atoms with Crippen LogP contribution in [0.3, 0.4) is 0 Å². The van der Waals surface area contributed by atoms with Crippen molar-refractivity contribution in [2.24, 2.45) is 0 Å². The molecule has 1 N–H and O–H groups in total. The Balaban J connectivity index is 1.66. The van der Waals surface area contributed by atoms with Gasteiger partial charge < -0.3 is 15.1 Å². The first-order valence-electron chi connectivity index (χ1n) is 9.12. The molecule has 0 saturated carbocycles. The molecule has 1 aromatic heterocycles. The molecule has 0 aliphatic carbocycles. The third kappa shape index (κ3) is 4.81.